The molecular formula is C12H12ClN3O5. The lowest BCUT2D eigenvalue weighted by Gasteiger charge is -2.20. The molecule has 1 aromatic heterocycles. The van der Waals surface area contributed by atoms with Crippen LogP contribution in [0.2, 0.25) is 5.15 Å². The highest BCUT2D eigenvalue weighted by atomic mass is 35.5. The van der Waals surface area contributed by atoms with Crippen LogP contribution in [0.15, 0.2) is 12.3 Å². The summed E-state index contributed by atoms with van der Waals surface area (Å²) in [4.78, 5) is 38.5. The van der Waals surface area contributed by atoms with E-state index in [1.807, 2.05) is 0 Å². The molecule has 0 aromatic carbocycles. The molecule has 0 radical (unpaired) electrons. The molecule has 1 unspecified atom stereocenters. The second-order valence-electron chi connectivity index (χ2n) is 5.13. The molecule has 0 bridgehead atoms. The van der Waals surface area contributed by atoms with Gasteiger partial charge in [0, 0.05) is 19.2 Å². The molecule has 0 spiro atoms. The van der Waals surface area contributed by atoms with Gasteiger partial charge < -0.3 is 10.0 Å². The average Bonchev–Trinajstić information content (AvgIpc) is 2.82. The van der Waals surface area contributed by atoms with Crippen LogP contribution in [0, 0.1) is 15.5 Å². The fraction of sp³-hybridized carbons (Fsp3) is 0.417. The molecule has 8 nitrogen and oxygen atoms in total. The molecule has 2 heterocycles. The lowest BCUT2D eigenvalue weighted by molar-refractivity contribution is -0.385. The number of hydrogen-bond acceptors (Lipinski definition) is 5. The first kappa shape index (κ1) is 15.2. The van der Waals surface area contributed by atoms with Crippen molar-refractivity contribution in [3.8, 4) is 0 Å². The fourth-order valence-corrected chi connectivity index (χ4v) is 2.35. The van der Waals surface area contributed by atoms with E-state index in [-0.39, 0.29) is 29.5 Å². The molecule has 9 heteroatoms. The Morgan fingerprint density at radius 3 is 2.76 bits per heavy atom. The van der Waals surface area contributed by atoms with E-state index in [1.165, 1.54) is 4.90 Å². The Hall–Kier alpha value is -2.22. The molecule has 1 N–H and O–H groups in total. The minimum Gasteiger partial charge on any atom is -0.481 e. The van der Waals surface area contributed by atoms with Crippen LogP contribution in [0.1, 0.15) is 23.7 Å². The van der Waals surface area contributed by atoms with Gasteiger partial charge in [0.05, 0.1) is 15.9 Å². The van der Waals surface area contributed by atoms with Gasteiger partial charge in [-0.25, -0.2) is 4.98 Å². The van der Waals surface area contributed by atoms with E-state index in [0.29, 0.717) is 6.42 Å². The van der Waals surface area contributed by atoms with Crippen molar-refractivity contribution in [2.75, 3.05) is 13.1 Å². The topological polar surface area (TPSA) is 114 Å². The van der Waals surface area contributed by atoms with Crippen LogP contribution in [-0.4, -0.2) is 44.9 Å². The van der Waals surface area contributed by atoms with E-state index in [2.05, 4.69) is 4.98 Å². The van der Waals surface area contributed by atoms with Crippen molar-refractivity contribution >= 4 is 29.2 Å². The average molecular weight is 314 g/mol. The summed E-state index contributed by atoms with van der Waals surface area (Å²) in [6, 6.07) is 1.05. The summed E-state index contributed by atoms with van der Waals surface area (Å²) < 4.78 is 0. The van der Waals surface area contributed by atoms with Gasteiger partial charge in [0.25, 0.3) is 11.6 Å². The second kappa shape index (κ2) is 5.28. The number of rotatable bonds is 3. The standard InChI is InChI=1S/C12H12ClN3O5/c1-12(11(18)19)2-3-15(6-12)10(17)8-4-7(16(20)21)5-14-9(8)13/h4-5H,2-3,6H2,1H3,(H,18,19). The number of aliphatic carboxylic acids is 1. The summed E-state index contributed by atoms with van der Waals surface area (Å²) in [5.74, 6) is -1.54. The van der Waals surface area contributed by atoms with Crippen LogP contribution >= 0.6 is 11.6 Å². The Balaban J connectivity index is 2.28. The zero-order chi connectivity index (χ0) is 15.8. The summed E-state index contributed by atoms with van der Waals surface area (Å²) in [6.07, 6.45) is 1.28. The molecule has 1 atom stereocenters. The molecule has 1 amide bonds. The van der Waals surface area contributed by atoms with Crippen molar-refractivity contribution in [1.29, 1.82) is 0 Å². The number of carbonyl (C=O) groups excluding carboxylic acids is 1. The van der Waals surface area contributed by atoms with Gasteiger partial charge in [-0.15, -0.1) is 0 Å². The maximum Gasteiger partial charge on any atom is 0.311 e. The Morgan fingerprint density at radius 2 is 2.24 bits per heavy atom. The van der Waals surface area contributed by atoms with Crippen LogP contribution < -0.4 is 0 Å². The number of hydrogen-bond donors (Lipinski definition) is 1. The van der Waals surface area contributed by atoms with Crippen LogP contribution in [0.25, 0.3) is 0 Å². The summed E-state index contributed by atoms with van der Waals surface area (Å²) >= 11 is 5.81. The summed E-state index contributed by atoms with van der Waals surface area (Å²) in [5, 5.41) is 19.7. The number of nitro groups is 1. The third-order valence-corrected chi connectivity index (χ3v) is 3.84. The fourth-order valence-electron chi connectivity index (χ4n) is 2.17. The molecule has 1 fully saturated rings. The third kappa shape index (κ3) is 2.80. The molecule has 2 rings (SSSR count). The zero-order valence-electron chi connectivity index (χ0n) is 11.1. The largest absolute Gasteiger partial charge is 0.481 e. The second-order valence-corrected chi connectivity index (χ2v) is 5.49. The van der Waals surface area contributed by atoms with Crippen molar-refractivity contribution < 1.29 is 19.6 Å². The predicted molar refractivity (Wildman–Crippen MR) is 72.2 cm³/mol. The van der Waals surface area contributed by atoms with Gasteiger partial charge in [-0.1, -0.05) is 11.6 Å². The van der Waals surface area contributed by atoms with Crippen LogP contribution in [0.5, 0.6) is 0 Å². The van der Waals surface area contributed by atoms with Gasteiger partial charge in [0.15, 0.2) is 0 Å². The molecule has 1 aromatic rings. The van der Waals surface area contributed by atoms with E-state index in [4.69, 9.17) is 16.7 Å². The van der Waals surface area contributed by atoms with Gasteiger partial charge >= 0.3 is 5.97 Å². The number of aromatic nitrogens is 1. The Bertz CT molecular complexity index is 635. The minimum absolute atomic E-state index is 0.0280. The van der Waals surface area contributed by atoms with E-state index < -0.39 is 22.2 Å². The smallest absolute Gasteiger partial charge is 0.311 e. The van der Waals surface area contributed by atoms with Gasteiger partial charge in [0.1, 0.15) is 11.3 Å². The van der Waals surface area contributed by atoms with Crippen LogP contribution in [0.4, 0.5) is 5.69 Å². The lowest BCUT2D eigenvalue weighted by Crippen LogP contribution is -2.35. The normalized spacial score (nSPS) is 21.3. The summed E-state index contributed by atoms with van der Waals surface area (Å²) in [6.45, 7) is 1.83. The van der Waals surface area contributed by atoms with Crippen LogP contribution in [-0.2, 0) is 4.79 Å². The quantitative estimate of drug-likeness (QED) is 0.515. The number of nitrogens with zero attached hydrogens (tertiary/aromatic N) is 3. The molecule has 1 aliphatic rings. The van der Waals surface area contributed by atoms with Crippen molar-refractivity contribution in [3.63, 3.8) is 0 Å². The number of likely N-dealkylation sites (tertiary alicyclic amines) is 1. The summed E-state index contributed by atoms with van der Waals surface area (Å²) in [7, 11) is 0. The minimum atomic E-state index is -1.02. The molecule has 0 aliphatic carbocycles. The zero-order valence-corrected chi connectivity index (χ0v) is 11.8. The van der Waals surface area contributed by atoms with Gasteiger partial charge in [-0.3, -0.25) is 19.7 Å². The SMILES string of the molecule is CC1(C(=O)O)CCN(C(=O)c2cc([N+](=O)[O-])cnc2Cl)C1. The molecule has 112 valence electrons. The van der Waals surface area contributed by atoms with Crippen molar-refractivity contribution in [2.24, 2.45) is 5.41 Å². The molecular weight excluding hydrogens is 302 g/mol. The first-order valence-electron chi connectivity index (χ1n) is 6.07. The highest BCUT2D eigenvalue weighted by Gasteiger charge is 2.42. The van der Waals surface area contributed by atoms with Crippen LogP contribution in [0.3, 0.4) is 0 Å². The molecule has 1 saturated heterocycles. The number of pyridine rings is 1. The first-order chi connectivity index (χ1) is 9.74. The number of amides is 1. The van der Waals surface area contributed by atoms with E-state index in [0.717, 1.165) is 12.3 Å². The Labute approximate surface area is 124 Å². The van der Waals surface area contributed by atoms with Gasteiger partial charge in [-0.2, -0.15) is 0 Å². The molecule has 21 heavy (non-hydrogen) atoms. The van der Waals surface area contributed by atoms with Gasteiger partial charge in [-0.05, 0) is 13.3 Å². The highest BCUT2D eigenvalue weighted by molar-refractivity contribution is 6.32. The maximum atomic E-state index is 12.3. The molecule has 0 saturated carbocycles. The number of halogens is 1. The Kier molecular flexibility index (Phi) is 3.82. The highest BCUT2D eigenvalue weighted by Crippen LogP contribution is 2.32. The van der Waals surface area contributed by atoms with E-state index in [9.17, 15) is 19.7 Å². The molecule has 1 aliphatic heterocycles. The van der Waals surface area contributed by atoms with Crippen molar-refractivity contribution in [2.45, 2.75) is 13.3 Å². The van der Waals surface area contributed by atoms with Gasteiger partial charge in [0.2, 0.25) is 0 Å². The Morgan fingerprint density at radius 1 is 1.57 bits per heavy atom. The van der Waals surface area contributed by atoms with E-state index >= 15 is 0 Å². The lowest BCUT2D eigenvalue weighted by atomic mass is 9.90. The van der Waals surface area contributed by atoms with E-state index in [1.54, 1.807) is 6.92 Å². The van der Waals surface area contributed by atoms with Crippen molar-refractivity contribution in [1.82, 2.24) is 9.88 Å². The predicted octanol–water partition coefficient (Wildman–Crippen LogP) is 1.58. The third-order valence-electron chi connectivity index (χ3n) is 3.54. The number of carboxylic acid groups (broad SMARTS) is 1. The summed E-state index contributed by atoms with van der Waals surface area (Å²) in [5.41, 5.74) is -1.46. The first-order valence-corrected chi connectivity index (χ1v) is 6.45. The number of carbonyl (C=O) groups is 2. The monoisotopic (exact) mass is 313 g/mol. The van der Waals surface area contributed by atoms with Crippen molar-refractivity contribution in [3.05, 3.63) is 33.1 Å². The number of carboxylic acids is 1. The maximum absolute atomic E-state index is 12.3.